The zero-order valence-corrected chi connectivity index (χ0v) is 21.3. The summed E-state index contributed by atoms with van der Waals surface area (Å²) in [6.45, 7) is -1.36. The number of rotatable bonds is 7. The Morgan fingerprint density at radius 2 is 1.75 bits per heavy atom. The summed E-state index contributed by atoms with van der Waals surface area (Å²) in [5.74, 6) is -0.633. The van der Waals surface area contributed by atoms with Crippen LogP contribution in [0.3, 0.4) is 0 Å². The van der Waals surface area contributed by atoms with Crippen LogP contribution in [-0.4, -0.2) is 42.1 Å². The van der Waals surface area contributed by atoms with Gasteiger partial charge in [0.05, 0.1) is 10.9 Å². The number of hydrogen-bond acceptors (Lipinski definition) is 5. The van der Waals surface area contributed by atoms with Gasteiger partial charge in [0.2, 0.25) is 5.71 Å². The fraction of sp³-hybridized carbons (Fsp3) is 0.276. The van der Waals surface area contributed by atoms with Crippen molar-refractivity contribution >= 4 is 28.7 Å². The van der Waals surface area contributed by atoms with Crippen molar-refractivity contribution < 1.29 is 31.6 Å². The number of amides is 2. The molecule has 40 heavy (non-hydrogen) atoms. The molecule has 2 heterocycles. The number of nitrogens with one attached hydrogen (secondary N) is 3. The molecule has 0 radical (unpaired) electrons. The van der Waals surface area contributed by atoms with Crippen molar-refractivity contribution in [3.8, 4) is 22.5 Å². The highest BCUT2D eigenvalue weighted by atomic mass is 19.4. The van der Waals surface area contributed by atoms with Gasteiger partial charge in [0.1, 0.15) is 23.9 Å². The van der Waals surface area contributed by atoms with Crippen LogP contribution in [0, 0.1) is 11.7 Å². The first-order valence-electron chi connectivity index (χ1n) is 12.7. The molecule has 2 bridgehead atoms. The highest BCUT2D eigenvalue weighted by Crippen LogP contribution is 2.57. The van der Waals surface area contributed by atoms with Crippen LogP contribution in [0.4, 0.5) is 23.4 Å². The van der Waals surface area contributed by atoms with Crippen molar-refractivity contribution in [3.63, 3.8) is 0 Å². The van der Waals surface area contributed by atoms with Crippen LogP contribution in [0.25, 0.3) is 33.6 Å². The molecular weight excluding hydrogens is 528 g/mol. The van der Waals surface area contributed by atoms with Gasteiger partial charge < -0.3 is 20.4 Å². The summed E-state index contributed by atoms with van der Waals surface area (Å²) >= 11 is 0. The number of hydrogen-bond donors (Lipinski definition) is 3. The first kappa shape index (κ1) is 25.8. The molecule has 3 aliphatic rings. The third-order valence-corrected chi connectivity index (χ3v) is 7.55. The molecule has 2 amide bonds. The van der Waals surface area contributed by atoms with Crippen molar-refractivity contribution in [3.05, 3.63) is 71.5 Å². The third-order valence-electron chi connectivity index (χ3n) is 7.55. The molecular formula is C29H24F4N4O3. The minimum atomic E-state index is -4.53. The Bertz CT molecular complexity index is 1630. The van der Waals surface area contributed by atoms with Gasteiger partial charge in [-0.3, -0.25) is 9.59 Å². The van der Waals surface area contributed by atoms with Crippen LogP contribution >= 0.6 is 0 Å². The van der Waals surface area contributed by atoms with Crippen LogP contribution in [0.15, 0.2) is 59.0 Å². The van der Waals surface area contributed by atoms with Gasteiger partial charge in [-0.1, -0.05) is 12.1 Å². The maximum absolute atomic E-state index is 13.6. The topological polar surface area (TPSA) is 96.3 Å². The average Bonchev–Trinajstić information content (AvgIpc) is 3.26. The first-order valence-corrected chi connectivity index (χ1v) is 12.7. The smallest absolute Gasteiger partial charge is 0.405 e. The van der Waals surface area contributed by atoms with E-state index in [9.17, 15) is 27.2 Å². The summed E-state index contributed by atoms with van der Waals surface area (Å²) in [6, 6.07) is 13.3. The summed E-state index contributed by atoms with van der Waals surface area (Å²) in [5.41, 5.74) is 1.28. The molecule has 0 atom stereocenters. The fourth-order valence-electron chi connectivity index (χ4n) is 5.49. The molecule has 7 nitrogen and oxygen atoms in total. The number of halogens is 4. The summed E-state index contributed by atoms with van der Waals surface area (Å²) < 4.78 is 59.0. The minimum absolute atomic E-state index is 0.0798. The molecule has 2 aromatic heterocycles. The van der Waals surface area contributed by atoms with Crippen LogP contribution in [-0.2, 0) is 0 Å². The molecule has 3 N–H and O–H groups in total. The molecule has 3 saturated carbocycles. The van der Waals surface area contributed by atoms with E-state index in [1.54, 1.807) is 24.3 Å². The van der Waals surface area contributed by atoms with Gasteiger partial charge in [0.25, 0.3) is 11.8 Å². The van der Waals surface area contributed by atoms with E-state index in [0.717, 1.165) is 19.3 Å². The largest absolute Gasteiger partial charge is 0.437 e. The quantitative estimate of drug-likeness (QED) is 0.248. The summed E-state index contributed by atoms with van der Waals surface area (Å²) in [6.07, 6.45) is -1.65. The van der Waals surface area contributed by atoms with Crippen molar-refractivity contribution in [2.45, 2.75) is 31.0 Å². The normalized spacial score (nSPS) is 19.5. The third kappa shape index (κ3) is 4.65. The number of anilines is 1. The van der Waals surface area contributed by atoms with Crippen molar-refractivity contribution in [2.24, 2.45) is 5.92 Å². The molecule has 0 unspecified atom stereocenters. The van der Waals surface area contributed by atoms with E-state index in [0.29, 0.717) is 22.6 Å². The molecule has 7 rings (SSSR count). The molecule has 0 aliphatic heterocycles. The summed E-state index contributed by atoms with van der Waals surface area (Å²) in [7, 11) is 1.43. The molecule has 206 valence electrons. The van der Waals surface area contributed by atoms with Crippen LogP contribution in [0.5, 0.6) is 0 Å². The second-order valence-corrected chi connectivity index (χ2v) is 10.4. The van der Waals surface area contributed by atoms with Crippen molar-refractivity contribution in [2.75, 3.05) is 18.9 Å². The molecule has 4 aromatic rings. The van der Waals surface area contributed by atoms with E-state index in [4.69, 9.17) is 4.42 Å². The molecule has 0 spiro atoms. The summed E-state index contributed by atoms with van der Waals surface area (Å²) in [5, 5.41) is 8.20. The highest BCUT2D eigenvalue weighted by Gasteiger charge is 2.57. The number of carbonyl (C=O) groups excluding carboxylic acids is 2. The minimum Gasteiger partial charge on any atom is -0.437 e. The summed E-state index contributed by atoms with van der Waals surface area (Å²) in [4.78, 5) is 30.3. The maximum atomic E-state index is 13.6. The molecule has 3 aliphatic carbocycles. The van der Waals surface area contributed by atoms with Crippen molar-refractivity contribution in [1.29, 1.82) is 0 Å². The number of nitrogens with zero attached hydrogens (tertiary/aromatic N) is 1. The van der Waals surface area contributed by atoms with Gasteiger partial charge in [0, 0.05) is 29.3 Å². The van der Waals surface area contributed by atoms with Crippen LogP contribution < -0.4 is 16.0 Å². The Balaban J connectivity index is 1.47. The molecule has 11 heteroatoms. The van der Waals surface area contributed by atoms with E-state index in [-0.39, 0.29) is 45.3 Å². The lowest BCUT2D eigenvalue weighted by molar-refractivity contribution is -0.115. The lowest BCUT2D eigenvalue weighted by atomic mass is 9.50. The van der Waals surface area contributed by atoms with E-state index in [1.165, 1.54) is 37.4 Å². The number of furan rings is 1. The number of benzene rings is 2. The Morgan fingerprint density at radius 1 is 1.02 bits per heavy atom. The monoisotopic (exact) mass is 552 g/mol. The van der Waals surface area contributed by atoms with Gasteiger partial charge in [0.15, 0.2) is 0 Å². The van der Waals surface area contributed by atoms with Crippen LogP contribution in [0.2, 0.25) is 0 Å². The Kier molecular flexibility index (Phi) is 6.04. The molecule has 3 fully saturated rings. The predicted molar refractivity (Wildman–Crippen MR) is 140 cm³/mol. The Labute approximate surface area is 226 Å². The van der Waals surface area contributed by atoms with Gasteiger partial charge in [-0.05, 0) is 73.2 Å². The SMILES string of the molecule is CNC(=O)c1c(-c2ccc(F)cc2)oc2nc(NCC(F)(F)F)c(-c3cccc(C(=O)NC45CC(C4)C5)c3)cc12. The van der Waals surface area contributed by atoms with E-state index < -0.39 is 24.4 Å². The molecule has 0 saturated heterocycles. The first-order chi connectivity index (χ1) is 19.0. The zero-order valence-electron chi connectivity index (χ0n) is 21.3. The average molecular weight is 553 g/mol. The van der Waals surface area contributed by atoms with Gasteiger partial charge in [-0.25, -0.2) is 4.39 Å². The van der Waals surface area contributed by atoms with E-state index in [2.05, 4.69) is 20.9 Å². The fourth-order valence-corrected chi connectivity index (χ4v) is 5.49. The van der Waals surface area contributed by atoms with Crippen LogP contribution in [0.1, 0.15) is 40.0 Å². The van der Waals surface area contributed by atoms with E-state index in [1.807, 2.05) is 0 Å². The second kappa shape index (κ2) is 9.35. The Hall–Kier alpha value is -4.41. The molecule has 2 aromatic carbocycles. The Morgan fingerprint density at radius 3 is 2.38 bits per heavy atom. The number of fused-ring (bicyclic) bond motifs is 1. The second-order valence-electron chi connectivity index (χ2n) is 10.4. The zero-order chi connectivity index (χ0) is 28.2. The lowest BCUT2D eigenvalue weighted by Crippen LogP contribution is -2.68. The standard InChI is InChI=1S/C29H24F4N4O3/c1-34-26(39)22-21-10-20(17-3-2-4-18(9-17)25(38)37-28-11-15(12-28)13-28)24(35-14-29(31,32)33)36-27(21)40-23(22)16-5-7-19(30)8-6-16/h2-10,15H,11-14H2,1H3,(H,34,39)(H,35,36)(H,37,38). The maximum Gasteiger partial charge on any atom is 0.405 e. The number of aromatic nitrogens is 1. The van der Waals surface area contributed by atoms with Gasteiger partial charge in [-0.2, -0.15) is 18.2 Å². The van der Waals surface area contributed by atoms with E-state index >= 15 is 0 Å². The highest BCUT2D eigenvalue weighted by molar-refractivity contribution is 6.11. The van der Waals surface area contributed by atoms with Gasteiger partial charge in [-0.15, -0.1) is 0 Å². The van der Waals surface area contributed by atoms with Gasteiger partial charge >= 0.3 is 6.18 Å². The van der Waals surface area contributed by atoms with Crippen molar-refractivity contribution in [1.82, 2.24) is 15.6 Å². The predicted octanol–water partition coefficient (Wildman–Crippen LogP) is 5.92. The number of carbonyl (C=O) groups is 2. The lowest BCUT2D eigenvalue weighted by Gasteiger charge is -2.61. The number of alkyl halides is 3. The number of pyridine rings is 1.